The van der Waals surface area contributed by atoms with Crippen molar-refractivity contribution in [2.75, 3.05) is 11.1 Å². The van der Waals surface area contributed by atoms with E-state index in [0.29, 0.717) is 33.6 Å². The first-order valence-electron chi connectivity index (χ1n) is 8.18. The van der Waals surface area contributed by atoms with Gasteiger partial charge in [-0.3, -0.25) is 9.78 Å². The number of nitrogens with one attached hydrogen (secondary N) is 1. The average Bonchev–Trinajstić information content (AvgIpc) is 3.34. The van der Waals surface area contributed by atoms with Crippen molar-refractivity contribution in [3.05, 3.63) is 48.2 Å². The highest BCUT2D eigenvalue weighted by Gasteiger charge is 2.43. The van der Waals surface area contributed by atoms with Crippen LogP contribution in [0.5, 0.6) is 0 Å². The minimum absolute atomic E-state index is 0.252. The fourth-order valence-electron chi connectivity index (χ4n) is 2.95. The minimum atomic E-state index is -1.07. The normalized spacial score (nSPS) is 18.7. The number of nitrogen functional groups attached to an aromatic ring is 1. The lowest BCUT2D eigenvalue weighted by molar-refractivity contribution is -0.117. The molecule has 0 aliphatic heterocycles. The molecule has 0 bridgehead atoms. The maximum absolute atomic E-state index is 13.8. The zero-order valence-electron chi connectivity index (χ0n) is 14.0. The van der Waals surface area contributed by atoms with Gasteiger partial charge in [0.15, 0.2) is 0 Å². The van der Waals surface area contributed by atoms with Gasteiger partial charge in [0, 0.05) is 29.0 Å². The maximum atomic E-state index is 13.8. The van der Waals surface area contributed by atoms with E-state index in [0.717, 1.165) is 11.6 Å². The number of hydrogen-bond acceptors (Lipinski definition) is 4. The Kier molecular flexibility index (Phi) is 3.79. The molecule has 132 valence electrons. The molecule has 2 aromatic heterocycles. The van der Waals surface area contributed by atoms with Gasteiger partial charge in [-0.2, -0.15) is 0 Å². The number of carbonyl (C=O) groups excluding carboxylic acids is 1. The number of carbonyl (C=O) groups is 1. The van der Waals surface area contributed by atoms with E-state index in [2.05, 4.69) is 15.3 Å². The molecule has 1 aliphatic carbocycles. The predicted molar refractivity (Wildman–Crippen MR) is 95.7 cm³/mol. The topological polar surface area (TPSA) is 80.9 Å². The molecule has 3 aromatic rings. The minimum Gasteiger partial charge on any atom is -0.398 e. The van der Waals surface area contributed by atoms with Gasteiger partial charge in [-0.25, -0.2) is 13.8 Å². The van der Waals surface area contributed by atoms with Crippen molar-refractivity contribution >= 4 is 28.2 Å². The van der Waals surface area contributed by atoms with Crippen molar-refractivity contribution in [3.63, 3.8) is 0 Å². The second-order valence-electron chi connectivity index (χ2n) is 6.50. The van der Waals surface area contributed by atoms with E-state index < -0.39 is 17.9 Å². The molecule has 1 aromatic carbocycles. The van der Waals surface area contributed by atoms with Gasteiger partial charge in [-0.05, 0) is 48.1 Å². The summed E-state index contributed by atoms with van der Waals surface area (Å²) in [5.74, 6) is -1.04. The van der Waals surface area contributed by atoms with Gasteiger partial charge in [0.05, 0.1) is 12.1 Å². The van der Waals surface area contributed by atoms with Gasteiger partial charge in [0.25, 0.3) is 0 Å². The van der Waals surface area contributed by atoms with Crippen LogP contribution in [0, 0.1) is 18.7 Å². The number of benzene rings is 1. The van der Waals surface area contributed by atoms with E-state index >= 15 is 0 Å². The molecule has 0 spiro atoms. The first-order valence-corrected chi connectivity index (χ1v) is 8.18. The quantitative estimate of drug-likeness (QED) is 0.704. The molecular formula is C19H16F2N4O. The fraction of sp³-hybridized carbons (Fsp3) is 0.211. The zero-order chi connectivity index (χ0) is 18.4. The van der Waals surface area contributed by atoms with Crippen LogP contribution >= 0.6 is 0 Å². The third-order valence-corrected chi connectivity index (χ3v) is 4.63. The molecule has 0 unspecified atom stereocenters. The predicted octanol–water partition coefficient (Wildman–Crippen LogP) is 3.62. The molecule has 2 atom stereocenters. The Bertz CT molecular complexity index is 1040. The fourth-order valence-corrected chi connectivity index (χ4v) is 2.95. The number of aromatic nitrogens is 2. The van der Waals surface area contributed by atoms with E-state index in [1.165, 1.54) is 0 Å². The van der Waals surface area contributed by atoms with Crippen LogP contribution in [0.2, 0.25) is 0 Å². The molecule has 2 heterocycles. The second-order valence-corrected chi connectivity index (χ2v) is 6.50. The van der Waals surface area contributed by atoms with Crippen molar-refractivity contribution in [2.24, 2.45) is 5.92 Å². The maximum Gasteiger partial charge on any atom is 0.231 e. The zero-order valence-corrected chi connectivity index (χ0v) is 14.0. The molecule has 4 rings (SSSR count). The number of nitrogens with two attached hydrogens (primary N) is 1. The summed E-state index contributed by atoms with van der Waals surface area (Å²) in [6, 6.07) is 5.25. The smallest absolute Gasteiger partial charge is 0.231 e. The molecule has 1 fully saturated rings. The van der Waals surface area contributed by atoms with E-state index in [-0.39, 0.29) is 12.3 Å². The lowest BCUT2D eigenvalue weighted by Crippen LogP contribution is -2.15. The number of rotatable bonds is 3. The summed E-state index contributed by atoms with van der Waals surface area (Å²) < 4.78 is 26.8. The summed E-state index contributed by atoms with van der Waals surface area (Å²) in [4.78, 5) is 20.0. The van der Waals surface area contributed by atoms with Crippen molar-refractivity contribution in [1.82, 2.24) is 9.97 Å². The highest BCUT2D eigenvalue weighted by Crippen LogP contribution is 2.35. The Morgan fingerprint density at radius 1 is 1.27 bits per heavy atom. The average molecular weight is 354 g/mol. The third-order valence-electron chi connectivity index (χ3n) is 4.63. The van der Waals surface area contributed by atoms with E-state index in [1.54, 1.807) is 31.5 Å². The van der Waals surface area contributed by atoms with E-state index in [4.69, 9.17) is 5.73 Å². The lowest BCUT2D eigenvalue weighted by atomic mass is 9.99. The van der Waals surface area contributed by atoms with Gasteiger partial charge < -0.3 is 11.1 Å². The van der Waals surface area contributed by atoms with Crippen molar-refractivity contribution in [3.8, 4) is 11.1 Å². The number of halogens is 2. The largest absolute Gasteiger partial charge is 0.398 e. The SMILES string of the molecule is Cc1c(F)cncc1-c1cc(N)c2cnc(NC(=O)[C@H]3C[C@H]3F)cc2c1. The van der Waals surface area contributed by atoms with Gasteiger partial charge in [0.2, 0.25) is 5.91 Å². The summed E-state index contributed by atoms with van der Waals surface area (Å²) in [5, 5.41) is 4.07. The Hall–Kier alpha value is -3.09. The molecule has 7 heteroatoms. The van der Waals surface area contributed by atoms with Crippen molar-refractivity contribution in [1.29, 1.82) is 0 Å². The molecule has 26 heavy (non-hydrogen) atoms. The Morgan fingerprint density at radius 2 is 2.04 bits per heavy atom. The molecule has 1 amide bonds. The van der Waals surface area contributed by atoms with Gasteiger partial charge in [-0.15, -0.1) is 0 Å². The lowest BCUT2D eigenvalue weighted by Gasteiger charge is -2.11. The molecule has 1 saturated carbocycles. The summed E-state index contributed by atoms with van der Waals surface area (Å²) in [6.45, 7) is 1.67. The highest BCUT2D eigenvalue weighted by atomic mass is 19.1. The Balaban J connectivity index is 1.74. The van der Waals surface area contributed by atoms with E-state index in [1.807, 2.05) is 6.07 Å². The van der Waals surface area contributed by atoms with Crippen LogP contribution < -0.4 is 11.1 Å². The molecule has 0 saturated heterocycles. The second kappa shape index (κ2) is 6.01. The standard InChI is InChI=1S/C19H16F2N4O/c1-9-13(6-23-8-16(9)21)10-2-11-4-18(24-7-14(11)17(22)3-10)25-19(26)12-5-15(12)20/h2-4,6-8,12,15H,5,22H2,1H3,(H,24,25,26)/t12-,15+/m0/s1. The third kappa shape index (κ3) is 2.85. The van der Waals surface area contributed by atoms with Crippen LogP contribution in [0.15, 0.2) is 36.8 Å². The number of alkyl halides is 1. The number of fused-ring (bicyclic) bond motifs is 1. The molecule has 0 radical (unpaired) electrons. The Labute approximate surface area is 148 Å². The molecule has 1 aliphatic rings. The number of anilines is 2. The molecule has 5 nitrogen and oxygen atoms in total. The first-order chi connectivity index (χ1) is 12.4. The van der Waals surface area contributed by atoms with Crippen LogP contribution in [-0.2, 0) is 4.79 Å². The summed E-state index contributed by atoms with van der Waals surface area (Å²) in [7, 11) is 0. The van der Waals surface area contributed by atoms with Gasteiger partial charge in [0.1, 0.15) is 17.8 Å². The van der Waals surface area contributed by atoms with Gasteiger partial charge in [-0.1, -0.05) is 0 Å². The first kappa shape index (κ1) is 16.4. The van der Waals surface area contributed by atoms with Crippen LogP contribution in [0.1, 0.15) is 12.0 Å². The highest BCUT2D eigenvalue weighted by molar-refractivity contribution is 6.00. The summed E-state index contributed by atoms with van der Waals surface area (Å²) >= 11 is 0. The van der Waals surface area contributed by atoms with Crippen molar-refractivity contribution in [2.45, 2.75) is 19.5 Å². The summed E-state index contributed by atoms with van der Waals surface area (Å²) in [5.41, 5.74) is 8.43. The van der Waals surface area contributed by atoms with Crippen LogP contribution in [0.4, 0.5) is 20.3 Å². The monoisotopic (exact) mass is 354 g/mol. The number of hydrogen-bond donors (Lipinski definition) is 2. The van der Waals surface area contributed by atoms with Crippen LogP contribution in [-0.4, -0.2) is 22.0 Å². The molecular weight excluding hydrogens is 338 g/mol. The number of nitrogens with zero attached hydrogens (tertiary/aromatic N) is 2. The number of pyridine rings is 2. The van der Waals surface area contributed by atoms with Gasteiger partial charge >= 0.3 is 0 Å². The number of amides is 1. The van der Waals surface area contributed by atoms with Crippen LogP contribution in [0.3, 0.4) is 0 Å². The van der Waals surface area contributed by atoms with E-state index in [9.17, 15) is 13.6 Å². The Morgan fingerprint density at radius 3 is 2.77 bits per heavy atom. The summed E-state index contributed by atoms with van der Waals surface area (Å²) in [6.07, 6.45) is 3.48. The van der Waals surface area contributed by atoms with Crippen molar-refractivity contribution < 1.29 is 13.6 Å². The van der Waals surface area contributed by atoms with Crippen LogP contribution in [0.25, 0.3) is 21.9 Å². The molecule has 3 N–H and O–H groups in total.